The summed E-state index contributed by atoms with van der Waals surface area (Å²) in [5.74, 6) is 0.0551. The highest BCUT2D eigenvalue weighted by Crippen LogP contribution is 2.41. The van der Waals surface area contributed by atoms with Crippen LogP contribution in [0.15, 0.2) is 4.90 Å². The van der Waals surface area contributed by atoms with Crippen LogP contribution in [0.3, 0.4) is 0 Å². The topological polar surface area (TPSA) is 121 Å². The van der Waals surface area contributed by atoms with E-state index in [2.05, 4.69) is 0 Å². The molecule has 1 fully saturated rings. The Morgan fingerprint density at radius 2 is 2.00 bits per heavy atom. The van der Waals surface area contributed by atoms with Crippen LogP contribution in [-0.2, 0) is 19.7 Å². The molecule has 0 radical (unpaired) electrons. The van der Waals surface area contributed by atoms with E-state index < -0.39 is 19.7 Å². The summed E-state index contributed by atoms with van der Waals surface area (Å²) in [4.78, 5) is 1.77. The quantitative estimate of drug-likeness (QED) is 0.811. The van der Waals surface area contributed by atoms with Gasteiger partial charge in [0.15, 0.2) is 19.7 Å². The lowest BCUT2D eigenvalue weighted by Gasteiger charge is -2.21. The van der Waals surface area contributed by atoms with Crippen LogP contribution in [0.5, 0.6) is 0 Å². The number of sulfone groups is 2. The first kappa shape index (κ1) is 16.1. The molecule has 1 aliphatic rings. The lowest BCUT2D eigenvalue weighted by Crippen LogP contribution is -2.27. The lowest BCUT2D eigenvalue weighted by atomic mass is 10.3. The number of nitrogens with two attached hydrogens (primary N) is 1. The molecule has 2 heterocycles. The standard InChI is InChI=1S/C11H15N3O4S3/c1-20(15,16)10-9(13)8(7-12)19-11(10)14-3-2-5-21(17,18)6-4-14/h2-6,13H2,1H3. The molecular weight excluding hydrogens is 334 g/mol. The third kappa shape index (κ3) is 3.30. The van der Waals surface area contributed by atoms with Crippen molar-refractivity contribution in [3.05, 3.63) is 4.88 Å². The number of nitrogen functional groups attached to an aromatic ring is 1. The van der Waals surface area contributed by atoms with Gasteiger partial charge in [0.2, 0.25) is 0 Å². The summed E-state index contributed by atoms with van der Waals surface area (Å²) in [5, 5.41) is 9.39. The zero-order valence-electron chi connectivity index (χ0n) is 11.4. The Bertz CT molecular complexity index is 803. The van der Waals surface area contributed by atoms with Crippen LogP contribution in [0.2, 0.25) is 0 Å². The highest BCUT2D eigenvalue weighted by atomic mass is 32.2. The maximum atomic E-state index is 11.9. The van der Waals surface area contributed by atoms with Crippen LogP contribution in [0.25, 0.3) is 0 Å². The predicted octanol–water partition coefficient (Wildman–Crippen LogP) is 0.230. The summed E-state index contributed by atoms with van der Waals surface area (Å²) in [6.07, 6.45) is 1.45. The Morgan fingerprint density at radius 3 is 2.57 bits per heavy atom. The second-order valence-corrected chi connectivity index (χ2v) is 10.1. The third-order valence-electron chi connectivity index (χ3n) is 3.20. The Balaban J connectivity index is 2.52. The van der Waals surface area contributed by atoms with Gasteiger partial charge in [-0.15, -0.1) is 11.3 Å². The van der Waals surface area contributed by atoms with E-state index in [1.54, 1.807) is 4.90 Å². The number of thiophene rings is 1. The Kier molecular flexibility index (Phi) is 4.19. The van der Waals surface area contributed by atoms with Gasteiger partial charge in [-0.05, 0) is 6.42 Å². The van der Waals surface area contributed by atoms with Crippen molar-refractivity contribution in [2.24, 2.45) is 0 Å². The number of rotatable bonds is 2. The molecule has 1 aromatic heterocycles. The summed E-state index contributed by atoms with van der Waals surface area (Å²) in [7, 11) is -6.70. The van der Waals surface area contributed by atoms with Crippen LogP contribution in [0.4, 0.5) is 10.7 Å². The van der Waals surface area contributed by atoms with E-state index >= 15 is 0 Å². The molecule has 10 heteroatoms. The average Bonchev–Trinajstić information content (AvgIpc) is 2.59. The molecule has 2 rings (SSSR count). The lowest BCUT2D eigenvalue weighted by molar-refractivity contribution is 0.596. The number of nitrogens with zero attached hydrogens (tertiary/aromatic N) is 2. The van der Waals surface area contributed by atoms with Gasteiger partial charge in [0.1, 0.15) is 20.8 Å². The molecule has 0 spiro atoms. The van der Waals surface area contributed by atoms with Crippen LogP contribution in [-0.4, -0.2) is 47.7 Å². The zero-order valence-corrected chi connectivity index (χ0v) is 13.8. The van der Waals surface area contributed by atoms with Gasteiger partial charge in [-0.25, -0.2) is 16.8 Å². The largest absolute Gasteiger partial charge is 0.396 e. The van der Waals surface area contributed by atoms with Crippen molar-refractivity contribution in [1.82, 2.24) is 0 Å². The Morgan fingerprint density at radius 1 is 1.33 bits per heavy atom. The molecule has 116 valence electrons. The van der Waals surface area contributed by atoms with Crippen LogP contribution < -0.4 is 10.6 Å². The minimum absolute atomic E-state index is 0.0319. The van der Waals surface area contributed by atoms with Gasteiger partial charge < -0.3 is 10.6 Å². The van der Waals surface area contributed by atoms with E-state index in [0.717, 1.165) is 17.6 Å². The molecular formula is C11H15N3O4S3. The van der Waals surface area contributed by atoms with Gasteiger partial charge >= 0.3 is 0 Å². The van der Waals surface area contributed by atoms with Crippen molar-refractivity contribution in [3.8, 4) is 6.07 Å². The molecule has 0 atom stereocenters. The van der Waals surface area contributed by atoms with Gasteiger partial charge in [-0.1, -0.05) is 0 Å². The maximum absolute atomic E-state index is 11.9. The predicted molar refractivity (Wildman–Crippen MR) is 82.0 cm³/mol. The maximum Gasteiger partial charge on any atom is 0.180 e. The van der Waals surface area contributed by atoms with Crippen molar-refractivity contribution < 1.29 is 16.8 Å². The van der Waals surface area contributed by atoms with E-state index in [1.165, 1.54) is 0 Å². The molecule has 0 unspecified atom stereocenters. The molecule has 0 amide bonds. The van der Waals surface area contributed by atoms with Gasteiger partial charge in [-0.2, -0.15) is 5.26 Å². The number of hydrogen-bond acceptors (Lipinski definition) is 8. The Labute approximate surface area is 127 Å². The SMILES string of the molecule is CS(=O)(=O)c1c(N2CCCS(=O)(=O)CC2)sc(C#N)c1N. The molecule has 0 aromatic carbocycles. The smallest absolute Gasteiger partial charge is 0.180 e. The Hall–Kier alpha value is -1.31. The highest BCUT2D eigenvalue weighted by Gasteiger charge is 2.29. The number of nitriles is 1. The fraction of sp³-hybridized carbons (Fsp3) is 0.545. The molecule has 2 N–H and O–H groups in total. The van der Waals surface area contributed by atoms with Crippen molar-refractivity contribution >= 4 is 41.7 Å². The molecule has 0 saturated carbocycles. The van der Waals surface area contributed by atoms with Gasteiger partial charge in [0, 0.05) is 19.3 Å². The summed E-state index contributed by atoms with van der Waals surface area (Å²) >= 11 is 0.995. The second kappa shape index (κ2) is 5.47. The number of hydrogen-bond donors (Lipinski definition) is 1. The fourth-order valence-electron chi connectivity index (χ4n) is 2.21. The molecule has 1 aliphatic heterocycles. The molecule has 1 aromatic rings. The van der Waals surface area contributed by atoms with Crippen LogP contribution in [0.1, 0.15) is 11.3 Å². The monoisotopic (exact) mass is 349 g/mol. The van der Waals surface area contributed by atoms with E-state index in [4.69, 9.17) is 11.0 Å². The van der Waals surface area contributed by atoms with Crippen molar-refractivity contribution in [2.75, 3.05) is 41.5 Å². The number of anilines is 2. The molecule has 21 heavy (non-hydrogen) atoms. The zero-order chi connectivity index (χ0) is 15.8. The molecule has 1 saturated heterocycles. The van der Waals surface area contributed by atoms with E-state index in [1.807, 2.05) is 6.07 Å². The third-order valence-corrected chi connectivity index (χ3v) is 7.37. The first-order chi connectivity index (χ1) is 9.65. The molecule has 0 bridgehead atoms. The van der Waals surface area contributed by atoms with Crippen LogP contribution >= 0.6 is 11.3 Å². The van der Waals surface area contributed by atoms with Gasteiger partial charge in [0.25, 0.3) is 0 Å². The first-order valence-electron chi connectivity index (χ1n) is 6.13. The van der Waals surface area contributed by atoms with Crippen molar-refractivity contribution in [2.45, 2.75) is 11.3 Å². The normalized spacial score (nSPS) is 19.0. The summed E-state index contributed by atoms with van der Waals surface area (Å²) in [6, 6.07) is 1.88. The van der Waals surface area contributed by atoms with E-state index in [9.17, 15) is 16.8 Å². The van der Waals surface area contributed by atoms with E-state index in [-0.39, 0.29) is 33.5 Å². The summed E-state index contributed by atoms with van der Waals surface area (Å²) in [5.41, 5.74) is 5.71. The van der Waals surface area contributed by atoms with E-state index in [0.29, 0.717) is 18.0 Å². The highest BCUT2D eigenvalue weighted by molar-refractivity contribution is 7.91. The molecule has 0 aliphatic carbocycles. The minimum atomic E-state index is -3.60. The van der Waals surface area contributed by atoms with Crippen LogP contribution in [0, 0.1) is 11.3 Å². The van der Waals surface area contributed by atoms with Crippen molar-refractivity contribution in [1.29, 1.82) is 5.26 Å². The summed E-state index contributed by atoms with van der Waals surface area (Å²) < 4.78 is 47.1. The van der Waals surface area contributed by atoms with Crippen molar-refractivity contribution in [3.63, 3.8) is 0 Å². The second-order valence-electron chi connectivity index (χ2n) is 4.86. The molecule has 7 nitrogen and oxygen atoms in total. The summed E-state index contributed by atoms with van der Waals surface area (Å²) in [6.45, 7) is 0.627. The average molecular weight is 349 g/mol. The van der Waals surface area contributed by atoms with Gasteiger partial charge in [0.05, 0.1) is 17.2 Å². The fourth-order valence-corrected chi connectivity index (χ4v) is 6.04. The van der Waals surface area contributed by atoms with Gasteiger partial charge in [-0.3, -0.25) is 0 Å². The minimum Gasteiger partial charge on any atom is -0.396 e. The first-order valence-corrected chi connectivity index (χ1v) is 10.7.